The van der Waals surface area contributed by atoms with E-state index in [4.69, 9.17) is 9.47 Å². The van der Waals surface area contributed by atoms with Crippen molar-refractivity contribution < 1.29 is 33.4 Å². The number of carbonyl (C=O) groups excluding carboxylic acids is 5. The molecule has 0 radical (unpaired) electrons. The van der Waals surface area contributed by atoms with E-state index in [1.807, 2.05) is 36.4 Å². The lowest BCUT2D eigenvalue weighted by Crippen LogP contribution is -2.50. The summed E-state index contributed by atoms with van der Waals surface area (Å²) >= 11 is 1.47. The highest BCUT2D eigenvalue weighted by atomic mass is 32.2. The van der Waals surface area contributed by atoms with Crippen molar-refractivity contribution in [2.24, 2.45) is 0 Å². The van der Waals surface area contributed by atoms with Crippen molar-refractivity contribution in [1.82, 2.24) is 16.0 Å². The van der Waals surface area contributed by atoms with Gasteiger partial charge in [0.1, 0.15) is 12.1 Å². The van der Waals surface area contributed by atoms with Gasteiger partial charge in [-0.2, -0.15) is 11.8 Å². The van der Waals surface area contributed by atoms with Gasteiger partial charge in [0.15, 0.2) is 6.04 Å². The Morgan fingerprint density at radius 3 is 1.81 bits per heavy atom. The van der Waals surface area contributed by atoms with Crippen LogP contribution in [0.5, 0.6) is 0 Å². The molecule has 2 rings (SSSR count). The lowest BCUT2D eigenvalue weighted by molar-refractivity contribution is -0.148. The van der Waals surface area contributed by atoms with Gasteiger partial charge in [0.2, 0.25) is 18.2 Å². The third-order valence-corrected chi connectivity index (χ3v) is 10.1. The Morgan fingerprint density at radius 1 is 0.679 bits per heavy atom. The fourth-order valence-corrected chi connectivity index (χ4v) is 6.92. The Hall–Kier alpha value is -3.86. The van der Waals surface area contributed by atoms with Crippen LogP contribution in [0.3, 0.4) is 0 Å². The van der Waals surface area contributed by atoms with Gasteiger partial charge in [-0.15, -0.1) is 0 Å². The maximum atomic E-state index is 13.8. The number of rotatable bonds is 31. The van der Waals surface area contributed by atoms with E-state index >= 15 is 0 Å². The van der Waals surface area contributed by atoms with E-state index in [0.29, 0.717) is 17.7 Å². The highest BCUT2D eigenvalue weighted by Crippen LogP contribution is 2.18. The van der Waals surface area contributed by atoms with Crippen molar-refractivity contribution in [2.45, 2.75) is 140 Å². The van der Waals surface area contributed by atoms with Gasteiger partial charge in [-0.05, 0) is 30.9 Å². The van der Waals surface area contributed by atoms with Gasteiger partial charge in [0, 0.05) is 17.9 Å². The molecule has 3 atom stereocenters. The third kappa shape index (κ3) is 20.8. The maximum absolute atomic E-state index is 13.8. The first-order valence-electron chi connectivity index (χ1n) is 19.7. The van der Waals surface area contributed by atoms with E-state index in [1.165, 1.54) is 82.4 Å². The van der Waals surface area contributed by atoms with Crippen LogP contribution in [0.15, 0.2) is 60.7 Å². The number of esters is 2. The minimum absolute atomic E-state index is 0.00682. The summed E-state index contributed by atoms with van der Waals surface area (Å²) in [6, 6.07) is 15.6. The predicted octanol–water partition coefficient (Wildman–Crippen LogP) is 7.74. The Bertz CT molecular complexity index is 1300. The average Bonchev–Trinajstić information content (AvgIpc) is 3.17. The minimum atomic E-state index is -1.06. The second kappa shape index (κ2) is 29.6. The van der Waals surface area contributed by atoms with Crippen LogP contribution in [-0.2, 0) is 39.2 Å². The molecule has 0 aliphatic rings. The van der Waals surface area contributed by atoms with E-state index in [2.05, 4.69) is 22.9 Å². The summed E-state index contributed by atoms with van der Waals surface area (Å²) < 4.78 is 10.7. The van der Waals surface area contributed by atoms with E-state index in [1.54, 1.807) is 31.2 Å². The summed E-state index contributed by atoms with van der Waals surface area (Å²) in [5.74, 6) is -1.37. The Balaban J connectivity index is 1.91. The number of thioether (sulfide) groups is 1. The maximum Gasteiger partial charge on any atom is 0.333 e. The van der Waals surface area contributed by atoms with Gasteiger partial charge >= 0.3 is 11.9 Å². The lowest BCUT2D eigenvalue weighted by Gasteiger charge is -2.23. The van der Waals surface area contributed by atoms with Gasteiger partial charge in [-0.1, -0.05) is 151 Å². The smallest absolute Gasteiger partial charge is 0.333 e. The zero-order valence-electron chi connectivity index (χ0n) is 32.0. The number of hydrogen-bond donors (Lipinski definition) is 3. The number of carbonyl (C=O) groups is 5. The van der Waals surface area contributed by atoms with Crippen LogP contribution in [0.4, 0.5) is 0 Å². The van der Waals surface area contributed by atoms with Crippen molar-refractivity contribution in [3.63, 3.8) is 0 Å². The van der Waals surface area contributed by atoms with Crippen molar-refractivity contribution >= 4 is 41.9 Å². The van der Waals surface area contributed by atoms with Crippen LogP contribution in [-0.4, -0.2) is 61.2 Å². The molecular formula is C42H63N3O7S. The number of unbranched alkanes of at least 4 members (excludes halogenated alkanes) is 13. The number of amides is 3. The highest BCUT2D eigenvalue weighted by Gasteiger charge is 2.29. The summed E-state index contributed by atoms with van der Waals surface area (Å²) in [5.41, 5.74) is 1.64. The van der Waals surface area contributed by atoms with Gasteiger partial charge in [-0.3, -0.25) is 14.4 Å². The van der Waals surface area contributed by atoms with Crippen LogP contribution in [0, 0.1) is 0 Å². The standard InChI is InChI=1S/C42H63N3O7S/c1-3-5-6-7-8-9-10-11-12-13-14-15-16-23-30-52-42(50)39(35-26-21-18-22-27-35)45-40(48)37(32-53-31-34-24-19-17-20-25-34)44-38(47)29-28-36(43-33-46)41(49)51-4-2/h17-22,24-27,33,36-37,39H,3-16,23,28-32H2,1-2H3,(H,43,46)(H,44,47)(H,45,48). The van der Waals surface area contributed by atoms with Gasteiger partial charge < -0.3 is 25.4 Å². The summed E-state index contributed by atoms with van der Waals surface area (Å²) in [4.78, 5) is 63.5. The molecular weight excluding hydrogens is 691 g/mol. The number of hydrogen-bond acceptors (Lipinski definition) is 8. The molecule has 0 aliphatic heterocycles. The molecule has 0 saturated carbocycles. The number of nitrogens with one attached hydrogen (secondary N) is 3. The number of benzene rings is 2. The first kappa shape index (κ1) is 45.3. The molecule has 10 nitrogen and oxygen atoms in total. The van der Waals surface area contributed by atoms with Crippen molar-refractivity contribution in [3.05, 3.63) is 71.8 Å². The molecule has 2 aromatic rings. The Morgan fingerprint density at radius 2 is 1.25 bits per heavy atom. The van der Waals surface area contributed by atoms with E-state index < -0.39 is 41.9 Å². The molecule has 0 heterocycles. The van der Waals surface area contributed by atoms with Crippen molar-refractivity contribution in [3.8, 4) is 0 Å². The first-order valence-corrected chi connectivity index (χ1v) is 20.8. The number of ether oxygens (including phenoxy) is 2. The summed E-state index contributed by atoms with van der Waals surface area (Å²) in [6.45, 7) is 4.30. The molecule has 3 amide bonds. The van der Waals surface area contributed by atoms with Gasteiger partial charge in [0.05, 0.1) is 13.2 Å². The zero-order chi connectivity index (χ0) is 38.4. The van der Waals surface area contributed by atoms with Crippen LogP contribution in [0.2, 0.25) is 0 Å². The fraction of sp³-hybridized carbons (Fsp3) is 0.595. The molecule has 2 aromatic carbocycles. The summed E-state index contributed by atoms with van der Waals surface area (Å²) in [5, 5.41) is 8.00. The Labute approximate surface area is 321 Å². The van der Waals surface area contributed by atoms with E-state index in [-0.39, 0.29) is 31.8 Å². The molecule has 11 heteroatoms. The molecule has 0 fully saturated rings. The zero-order valence-corrected chi connectivity index (χ0v) is 32.8. The van der Waals surface area contributed by atoms with Gasteiger partial charge in [0.25, 0.3) is 0 Å². The predicted molar refractivity (Wildman–Crippen MR) is 212 cm³/mol. The highest BCUT2D eigenvalue weighted by molar-refractivity contribution is 7.98. The molecule has 3 unspecified atom stereocenters. The normalized spacial score (nSPS) is 12.6. The summed E-state index contributed by atoms with van der Waals surface area (Å²) in [6.07, 6.45) is 17.5. The topological polar surface area (TPSA) is 140 Å². The van der Waals surface area contributed by atoms with Crippen LogP contribution < -0.4 is 16.0 Å². The van der Waals surface area contributed by atoms with Crippen molar-refractivity contribution in [2.75, 3.05) is 19.0 Å². The largest absolute Gasteiger partial charge is 0.464 e. The van der Waals surface area contributed by atoms with Crippen LogP contribution in [0.1, 0.15) is 134 Å². The molecule has 0 spiro atoms. The van der Waals surface area contributed by atoms with E-state index in [9.17, 15) is 24.0 Å². The van der Waals surface area contributed by atoms with Crippen molar-refractivity contribution in [1.29, 1.82) is 0 Å². The monoisotopic (exact) mass is 753 g/mol. The Kier molecular flexibility index (Phi) is 25.3. The van der Waals surface area contributed by atoms with Crippen LogP contribution >= 0.6 is 11.8 Å². The second-order valence-electron chi connectivity index (χ2n) is 13.4. The third-order valence-electron chi connectivity index (χ3n) is 8.95. The quantitative estimate of drug-likeness (QED) is 0.0404. The fourth-order valence-electron chi connectivity index (χ4n) is 5.91. The lowest BCUT2D eigenvalue weighted by atomic mass is 10.0. The minimum Gasteiger partial charge on any atom is -0.464 e. The van der Waals surface area contributed by atoms with E-state index in [0.717, 1.165) is 24.8 Å². The summed E-state index contributed by atoms with van der Waals surface area (Å²) in [7, 11) is 0. The molecule has 0 aromatic heterocycles. The van der Waals surface area contributed by atoms with Gasteiger partial charge in [-0.25, -0.2) is 9.59 Å². The molecule has 53 heavy (non-hydrogen) atoms. The average molecular weight is 754 g/mol. The first-order chi connectivity index (χ1) is 25.9. The molecule has 0 bridgehead atoms. The van der Waals surface area contributed by atoms with Crippen LogP contribution in [0.25, 0.3) is 0 Å². The SMILES string of the molecule is CCCCCCCCCCCCCCCCOC(=O)C(NC(=O)C(CSCc1ccccc1)NC(=O)CCC(NC=O)C(=O)OCC)c1ccccc1. The molecule has 0 aliphatic carbocycles. The molecule has 0 saturated heterocycles. The molecule has 3 N–H and O–H groups in total. The molecule has 294 valence electrons. The second-order valence-corrected chi connectivity index (χ2v) is 14.4.